The van der Waals surface area contributed by atoms with Crippen LogP contribution in [0.4, 0.5) is 13.2 Å². The molecule has 0 spiro atoms. The summed E-state index contributed by atoms with van der Waals surface area (Å²) in [4.78, 5) is 3.48. The van der Waals surface area contributed by atoms with Gasteiger partial charge in [0.25, 0.3) is 0 Å². The van der Waals surface area contributed by atoms with Crippen molar-refractivity contribution in [3.63, 3.8) is 0 Å². The van der Waals surface area contributed by atoms with Crippen LogP contribution in [0.15, 0.2) is 12.1 Å². The van der Waals surface area contributed by atoms with Crippen LogP contribution in [0.1, 0.15) is 17.0 Å². The molecule has 0 amide bonds. The number of rotatable bonds is 0. The number of aryl methyl sites for hydroxylation is 1. The highest BCUT2D eigenvalue weighted by molar-refractivity contribution is 5.34. The highest BCUT2D eigenvalue weighted by Crippen LogP contribution is 2.30. The molecule has 0 aliphatic carbocycles. The molecule has 0 unspecified atom stereocenters. The van der Waals surface area contributed by atoms with Crippen molar-refractivity contribution in [1.82, 2.24) is 4.98 Å². The molecular weight excluding hydrogens is 181 g/mol. The zero-order chi connectivity index (χ0) is 10.1. The molecule has 68 valence electrons. The SMILES string of the molecule is Cc1ccc(C(F)(F)F)c(C#N)n1. The van der Waals surface area contributed by atoms with Gasteiger partial charge in [-0.05, 0) is 19.1 Å². The zero-order valence-electron chi connectivity index (χ0n) is 6.68. The van der Waals surface area contributed by atoms with Crippen LogP contribution >= 0.6 is 0 Å². The summed E-state index contributed by atoms with van der Waals surface area (Å²) in [7, 11) is 0. The molecule has 0 atom stereocenters. The minimum atomic E-state index is -4.51. The summed E-state index contributed by atoms with van der Waals surface area (Å²) in [5.74, 6) is 0. The number of hydrogen-bond donors (Lipinski definition) is 0. The van der Waals surface area contributed by atoms with Crippen molar-refractivity contribution >= 4 is 0 Å². The number of aromatic nitrogens is 1. The molecule has 0 aliphatic heterocycles. The summed E-state index contributed by atoms with van der Waals surface area (Å²) in [6, 6.07) is 3.50. The second-order valence-electron chi connectivity index (χ2n) is 2.46. The molecule has 1 rings (SSSR count). The van der Waals surface area contributed by atoms with Gasteiger partial charge < -0.3 is 0 Å². The molecule has 0 saturated carbocycles. The van der Waals surface area contributed by atoms with E-state index in [1.807, 2.05) is 0 Å². The Balaban J connectivity index is 3.32. The maximum absolute atomic E-state index is 12.2. The van der Waals surface area contributed by atoms with Crippen LogP contribution in [0.5, 0.6) is 0 Å². The largest absolute Gasteiger partial charge is 0.419 e. The predicted octanol–water partition coefficient (Wildman–Crippen LogP) is 2.28. The van der Waals surface area contributed by atoms with Crippen LogP contribution in [0.3, 0.4) is 0 Å². The van der Waals surface area contributed by atoms with Crippen LogP contribution in [0.2, 0.25) is 0 Å². The van der Waals surface area contributed by atoms with E-state index in [1.165, 1.54) is 19.1 Å². The normalized spacial score (nSPS) is 11.0. The van der Waals surface area contributed by atoms with Gasteiger partial charge in [0, 0.05) is 5.69 Å². The molecule has 1 heterocycles. The Hall–Kier alpha value is -1.57. The lowest BCUT2D eigenvalue weighted by Gasteiger charge is -2.07. The summed E-state index contributed by atoms with van der Waals surface area (Å²) in [6.07, 6.45) is -4.51. The van der Waals surface area contributed by atoms with Crippen LogP contribution in [-0.2, 0) is 6.18 Å². The first-order chi connectivity index (χ1) is 5.95. The van der Waals surface area contributed by atoms with E-state index in [0.29, 0.717) is 5.69 Å². The summed E-state index contributed by atoms with van der Waals surface area (Å²) in [5.41, 5.74) is -1.17. The smallest absolute Gasteiger partial charge is 0.242 e. The van der Waals surface area contributed by atoms with Crippen molar-refractivity contribution in [2.45, 2.75) is 13.1 Å². The quantitative estimate of drug-likeness (QED) is 0.623. The van der Waals surface area contributed by atoms with Gasteiger partial charge in [-0.1, -0.05) is 0 Å². The maximum atomic E-state index is 12.2. The zero-order valence-corrected chi connectivity index (χ0v) is 6.68. The average molecular weight is 186 g/mol. The van der Waals surface area contributed by atoms with Crippen LogP contribution in [0.25, 0.3) is 0 Å². The lowest BCUT2D eigenvalue weighted by molar-refractivity contribution is -0.138. The Morgan fingerprint density at radius 2 is 2.00 bits per heavy atom. The van der Waals surface area contributed by atoms with Crippen LogP contribution in [0, 0.1) is 18.3 Å². The summed E-state index contributed by atoms with van der Waals surface area (Å²) in [6.45, 7) is 1.53. The monoisotopic (exact) mass is 186 g/mol. The Kier molecular flexibility index (Phi) is 2.24. The van der Waals surface area contributed by atoms with E-state index >= 15 is 0 Å². The molecule has 0 saturated heterocycles. The molecular formula is C8H5F3N2. The lowest BCUT2D eigenvalue weighted by atomic mass is 10.2. The number of hydrogen-bond acceptors (Lipinski definition) is 2. The Bertz CT molecular complexity index is 363. The van der Waals surface area contributed by atoms with E-state index < -0.39 is 17.4 Å². The third kappa shape index (κ3) is 1.96. The number of halogens is 3. The Morgan fingerprint density at radius 3 is 2.46 bits per heavy atom. The third-order valence-corrected chi connectivity index (χ3v) is 1.45. The molecule has 0 fully saturated rings. The number of nitriles is 1. The van der Waals surface area contributed by atoms with E-state index in [0.717, 1.165) is 6.07 Å². The fraction of sp³-hybridized carbons (Fsp3) is 0.250. The first-order valence-electron chi connectivity index (χ1n) is 3.40. The number of nitrogens with zero attached hydrogens (tertiary/aromatic N) is 2. The highest BCUT2D eigenvalue weighted by atomic mass is 19.4. The van der Waals surface area contributed by atoms with Gasteiger partial charge in [0.05, 0.1) is 5.56 Å². The van der Waals surface area contributed by atoms with Crippen molar-refractivity contribution in [3.05, 3.63) is 29.1 Å². The van der Waals surface area contributed by atoms with Crippen molar-refractivity contribution in [3.8, 4) is 6.07 Å². The van der Waals surface area contributed by atoms with E-state index in [4.69, 9.17) is 5.26 Å². The minimum absolute atomic E-state index is 0.393. The van der Waals surface area contributed by atoms with Gasteiger partial charge in [-0.15, -0.1) is 0 Å². The highest BCUT2D eigenvalue weighted by Gasteiger charge is 2.34. The second kappa shape index (κ2) is 3.05. The van der Waals surface area contributed by atoms with E-state index in [-0.39, 0.29) is 0 Å². The molecule has 13 heavy (non-hydrogen) atoms. The lowest BCUT2D eigenvalue weighted by Crippen LogP contribution is -2.09. The topological polar surface area (TPSA) is 36.7 Å². The van der Waals surface area contributed by atoms with Gasteiger partial charge in [-0.25, -0.2) is 4.98 Å². The van der Waals surface area contributed by atoms with E-state index in [9.17, 15) is 13.2 Å². The first kappa shape index (κ1) is 9.52. The molecule has 1 aromatic heterocycles. The molecule has 5 heteroatoms. The van der Waals surface area contributed by atoms with Crippen molar-refractivity contribution in [1.29, 1.82) is 5.26 Å². The molecule has 2 nitrogen and oxygen atoms in total. The molecule has 0 aromatic carbocycles. The maximum Gasteiger partial charge on any atom is 0.419 e. The Labute approximate surface area is 72.6 Å². The average Bonchev–Trinajstić information content (AvgIpc) is 2.01. The predicted molar refractivity (Wildman–Crippen MR) is 38.7 cm³/mol. The minimum Gasteiger partial charge on any atom is -0.242 e. The molecule has 0 bridgehead atoms. The van der Waals surface area contributed by atoms with Crippen molar-refractivity contribution < 1.29 is 13.2 Å². The van der Waals surface area contributed by atoms with Crippen molar-refractivity contribution in [2.24, 2.45) is 0 Å². The summed E-state index contributed by atoms with van der Waals surface area (Å²) < 4.78 is 36.5. The van der Waals surface area contributed by atoms with Crippen LogP contribution < -0.4 is 0 Å². The van der Waals surface area contributed by atoms with Gasteiger partial charge >= 0.3 is 6.18 Å². The second-order valence-corrected chi connectivity index (χ2v) is 2.46. The fourth-order valence-electron chi connectivity index (χ4n) is 0.871. The Morgan fingerprint density at radius 1 is 1.38 bits per heavy atom. The number of pyridine rings is 1. The van der Waals surface area contributed by atoms with Gasteiger partial charge in [0.2, 0.25) is 0 Å². The molecule has 0 N–H and O–H groups in total. The molecule has 0 aliphatic rings. The van der Waals surface area contributed by atoms with E-state index in [2.05, 4.69) is 4.98 Å². The van der Waals surface area contributed by atoms with Gasteiger partial charge in [-0.3, -0.25) is 0 Å². The molecule has 1 aromatic rings. The summed E-state index contributed by atoms with van der Waals surface area (Å²) in [5, 5.41) is 8.39. The van der Waals surface area contributed by atoms with Crippen LogP contribution in [-0.4, -0.2) is 4.98 Å². The molecule has 0 radical (unpaired) electrons. The van der Waals surface area contributed by atoms with Gasteiger partial charge in [-0.2, -0.15) is 18.4 Å². The van der Waals surface area contributed by atoms with E-state index in [1.54, 1.807) is 0 Å². The fourth-order valence-corrected chi connectivity index (χ4v) is 0.871. The first-order valence-corrected chi connectivity index (χ1v) is 3.40. The number of alkyl halides is 3. The summed E-state index contributed by atoms with van der Waals surface area (Å²) >= 11 is 0. The third-order valence-electron chi connectivity index (χ3n) is 1.45. The van der Waals surface area contributed by atoms with Gasteiger partial charge in [0.1, 0.15) is 6.07 Å². The van der Waals surface area contributed by atoms with Crippen molar-refractivity contribution in [2.75, 3.05) is 0 Å². The standard InChI is InChI=1S/C8H5F3N2/c1-5-2-3-6(8(9,10)11)7(4-12)13-5/h2-3H,1H3. The van der Waals surface area contributed by atoms with Gasteiger partial charge in [0.15, 0.2) is 5.69 Å².